The van der Waals surface area contributed by atoms with Gasteiger partial charge in [0, 0.05) is 0 Å². The normalized spacial score (nSPS) is 12.8. The van der Waals surface area contributed by atoms with Crippen LogP contribution in [-0.2, 0) is 19.7 Å². The fourth-order valence-corrected chi connectivity index (χ4v) is 3.04. The van der Waals surface area contributed by atoms with Gasteiger partial charge in [-0.05, 0) is 0 Å². The van der Waals surface area contributed by atoms with E-state index < -0.39 is 35.8 Å². The Morgan fingerprint density at radius 3 is 1.06 bits per heavy atom. The van der Waals surface area contributed by atoms with Crippen LogP contribution in [0.15, 0.2) is 0 Å². The molecule has 0 rings (SSSR count). The largest absolute Gasteiger partial charge is 2.00 e. The van der Waals surface area contributed by atoms with E-state index >= 15 is 0 Å². The summed E-state index contributed by atoms with van der Waals surface area (Å²) in [6.07, 6.45) is 0. The fourth-order valence-electron chi connectivity index (χ4n) is 0.338. The molecule has 0 aromatic heterocycles. The van der Waals surface area contributed by atoms with Gasteiger partial charge in [0.2, 0.25) is 0 Å². The Labute approximate surface area is 168 Å². The Morgan fingerprint density at radius 2 is 0.944 bits per heavy atom. The molecule has 0 aliphatic heterocycles. The molecular weight excluding hydrogens is 377 g/mol. The van der Waals surface area contributed by atoms with Gasteiger partial charge in [0.05, 0.1) is 0 Å². The van der Waals surface area contributed by atoms with Crippen molar-refractivity contribution in [3.63, 3.8) is 0 Å². The summed E-state index contributed by atoms with van der Waals surface area (Å²) >= 11 is 0. The number of rotatable bonds is 2. The number of hydrogen-bond donors (Lipinski definition) is 0. The van der Waals surface area contributed by atoms with Crippen molar-refractivity contribution < 1.29 is 98.8 Å². The van der Waals surface area contributed by atoms with Crippen LogP contribution in [0.4, 0.5) is 26.3 Å². The van der Waals surface area contributed by atoms with Crippen LogP contribution in [0.5, 0.6) is 0 Å². The molecule has 0 amide bonds. The van der Waals surface area contributed by atoms with Gasteiger partial charge in [0.15, 0.2) is 5.08 Å². The molecule has 0 fully saturated rings. The van der Waals surface area contributed by atoms with Crippen LogP contribution in [0.2, 0.25) is 0 Å². The van der Waals surface area contributed by atoms with Gasteiger partial charge in [-0.1, -0.05) is 0 Å². The maximum atomic E-state index is 11.5. The van der Waals surface area contributed by atoms with Gasteiger partial charge in [0.25, 0.3) is 19.7 Å². The minimum Gasteiger partial charge on any atom is -1.00 e. The van der Waals surface area contributed by atoms with E-state index in [1.165, 1.54) is 0 Å². The summed E-state index contributed by atoms with van der Waals surface area (Å²) in [5.41, 5.74) is -12.1. The molecule has 0 heterocycles. The van der Waals surface area contributed by atoms with Crippen molar-refractivity contribution in [1.82, 2.24) is 0 Å². The van der Waals surface area contributed by atoms with Gasteiger partial charge in [-0.25, -0.2) is 16.8 Å². The van der Waals surface area contributed by atoms with Gasteiger partial charge >= 0.3 is 85.5 Å². The van der Waals surface area contributed by atoms with E-state index in [0.29, 0.717) is 0 Å². The molecule has 0 unspecified atom stereocenters. The van der Waals surface area contributed by atoms with Crippen LogP contribution in [0.25, 0.3) is 0 Å². The number of hydrogen-bond acceptors (Lipinski definition) is 4. The zero-order valence-electron chi connectivity index (χ0n) is 11.5. The molecule has 0 atom stereocenters. The molecular formula is C3H6ClF6KMgO4S2. The van der Waals surface area contributed by atoms with Crippen LogP contribution in [0, 0.1) is 0 Å². The van der Waals surface area contributed by atoms with Gasteiger partial charge in [-0.15, -0.1) is 12.4 Å². The van der Waals surface area contributed by atoms with E-state index in [9.17, 15) is 43.2 Å². The summed E-state index contributed by atoms with van der Waals surface area (Å²) in [5.74, 6) is 0. The van der Waals surface area contributed by atoms with Crippen molar-refractivity contribution in [3.8, 4) is 0 Å². The van der Waals surface area contributed by atoms with E-state index in [1.807, 2.05) is 0 Å². The van der Waals surface area contributed by atoms with Crippen LogP contribution < -0.4 is 51.4 Å². The molecule has 0 N–H and O–H groups in total. The van der Waals surface area contributed by atoms with Crippen molar-refractivity contribution in [1.29, 1.82) is 0 Å². The second-order valence-corrected chi connectivity index (χ2v) is 6.57. The van der Waals surface area contributed by atoms with Gasteiger partial charge in [-0.3, -0.25) is 0 Å². The Bertz CT molecular complexity index is 411. The van der Waals surface area contributed by atoms with E-state index in [4.69, 9.17) is 0 Å². The molecule has 0 bridgehead atoms. The molecule has 0 aliphatic carbocycles. The third-order valence-corrected chi connectivity index (χ3v) is 4.91. The van der Waals surface area contributed by atoms with E-state index in [1.54, 1.807) is 0 Å². The average molecular weight is 383 g/mol. The van der Waals surface area contributed by atoms with Crippen LogP contribution in [0.1, 0.15) is 4.28 Å². The third-order valence-electron chi connectivity index (χ3n) is 1.02. The molecule has 0 aromatic carbocycles. The van der Waals surface area contributed by atoms with Gasteiger partial charge in [-0.2, -0.15) is 26.3 Å². The number of alkyl halides is 6. The first-order chi connectivity index (χ1) is 6.21. The summed E-state index contributed by atoms with van der Waals surface area (Å²) in [4.78, 5) is 0. The van der Waals surface area contributed by atoms with Crippen LogP contribution in [0.3, 0.4) is 0 Å². The molecule has 15 heteroatoms. The summed E-state index contributed by atoms with van der Waals surface area (Å²) in [6.45, 7) is 0. The second kappa shape index (κ2) is 8.58. The van der Waals surface area contributed by atoms with Crippen LogP contribution in [-0.4, -0.2) is 56.0 Å². The third kappa shape index (κ3) is 7.82. The standard InChI is InChI=1S/C3H2F6O4S2.ClH.K.Mg.3H/c4-2(5,6)14(10,11)1-15(12,13)3(7,8)9;;;;;;/h1H2;1H;;;;;/q;;+1;+2;3*-1. The fraction of sp³-hybridized carbons (Fsp3) is 1.00. The summed E-state index contributed by atoms with van der Waals surface area (Å²) in [6, 6.07) is 0. The molecule has 0 saturated carbocycles. The molecule has 4 nitrogen and oxygen atoms in total. The minimum atomic E-state index is -6.35. The van der Waals surface area contributed by atoms with E-state index in [0.717, 1.165) is 0 Å². The SMILES string of the molecule is Cl.O=S(=O)(CS(=O)(=O)C(F)(F)F)C(F)(F)F.[H-].[H-].[H-].[K+].[Mg+2]. The van der Waals surface area contributed by atoms with Crippen molar-refractivity contribution in [2.75, 3.05) is 5.08 Å². The molecule has 18 heavy (non-hydrogen) atoms. The maximum absolute atomic E-state index is 11.5. The maximum Gasteiger partial charge on any atom is 2.00 e. The molecule has 0 spiro atoms. The predicted molar refractivity (Wildman–Crippen MR) is 51.2 cm³/mol. The van der Waals surface area contributed by atoms with Crippen molar-refractivity contribution >= 4 is 55.1 Å². The van der Waals surface area contributed by atoms with E-state index in [-0.39, 0.29) is 91.1 Å². The Hall–Kier alpha value is 2.17. The molecule has 0 saturated heterocycles. The first kappa shape index (κ1) is 28.4. The topological polar surface area (TPSA) is 68.3 Å². The quantitative estimate of drug-likeness (QED) is 0.417. The Kier molecular flexibility index (Phi) is 13.5. The first-order valence-electron chi connectivity index (χ1n) is 2.79. The summed E-state index contributed by atoms with van der Waals surface area (Å²) < 4.78 is 110. The second-order valence-electron chi connectivity index (χ2n) is 2.24. The van der Waals surface area contributed by atoms with Crippen molar-refractivity contribution in [2.24, 2.45) is 0 Å². The average Bonchev–Trinajstić information content (AvgIpc) is 1.77. The molecule has 0 radical (unpaired) electrons. The molecule has 106 valence electrons. The van der Waals surface area contributed by atoms with Crippen molar-refractivity contribution in [2.45, 2.75) is 11.0 Å². The van der Waals surface area contributed by atoms with E-state index in [2.05, 4.69) is 0 Å². The smallest absolute Gasteiger partial charge is 1.00 e. The Morgan fingerprint density at radius 1 is 0.778 bits per heavy atom. The Balaban J connectivity index is -0.0000000653. The first-order valence-corrected chi connectivity index (χ1v) is 6.09. The molecule has 0 aromatic rings. The molecule has 0 aliphatic rings. The zero-order valence-corrected chi connectivity index (χ0v) is 15.5. The monoisotopic (exact) mass is 382 g/mol. The number of halogens is 7. The van der Waals surface area contributed by atoms with Crippen molar-refractivity contribution in [3.05, 3.63) is 0 Å². The summed E-state index contributed by atoms with van der Waals surface area (Å²) in [5, 5.41) is -3.03. The number of sulfone groups is 2. The van der Waals surface area contributed by atoms with Gasteiger partial charge < -0.3 is 4.28 Å². The summed E-state index contributed by atoms with van der Waals surface area (Å²) in [7, 11) is -12.7. The van der Waals surface area contributed by atoms with Gasteiger partial charge in [0.1, 0.15) is 0 Å². The zero-order chi connectivity index (χ0) is 12.7. The predicted octanol–water partition coefficient (Wildman–Crippen LogP) is -1.80. The van der Waals surface area contributed by atoms with Crippen LogP contribution >= 0.6 is 12.4 Å². The minimum absolute atomic E-state index is 0.